The molecular formula is C23H27NO3. The maximum Gasteiger partial charge on any atom is 0.198 e. The molecule has 0 N–H and O–H groups in total. The highest BCUT2D eigenvalue weighted by Crippen LogP contribution is 2.45. The van der Waals surface area contributed by atoms with E-state index >= 15 is 0 Å². The first-order chi connectivity index (χ1) is 13.3. The van der Waals surface area contributed by atoms with Crippen molar-refractivity contribution in [2.45, 2.75) is 32.6 Å². The molecule has 0 spiro atoms. The van der Waals surface area contributed by atoms with Crippen LogP contribution >= 0.6 is 0 Å². The van der Waals surface area contributed by atoms with E-state index in [1.54, 1.807) is 0 Å². The third kappa shape index (κ3) is 3.59. The van der Waals surface area contributed by atoms with E-state index in [9.17, 15) is 4.79 Å². The Labute approximate surface area is 161 Å². The number of ether oxygens (including phenoxy) is 2. The lowest BCUT2D eigenvalue weighted by Gasteiger charge is -2.18. The normalized spacial score (nSPS) is 15.7. The number of ketones is 1. The Bertz CT molecular complexity index is 824. The van der Waals surface area contributed by atoms with Crippen molar-refractivity contribution in [1.82, 2.24) is 4.90 Å². The van der Waals surface area contributed by atoms with Gasteiger partial charge >= 0.3 is 0 Å². The van der Waals surface area contributed by atoms with E-state index < -0.39 is 0 Å². The van der Waals surface area contributed by atoms with Crippen LogP contribution in [0.3, 0.4) is 0 Å². The van der Waals surface area contributed by atoms with E-state index in [0.29, 0.717) is 30.3 Å². The maximum atomic E-state index is 13.1. The van der Waals surface area contributed by atoms with Crippen LogP contribution in [0.2, 0.25) is 0 Å². The zero-order valence-corrected chi connectivity index (χ0v) is 16.0. The van der Waals surface area contributed by atoms with Gasteiger partial charge < -0.3 is 9.47 Å². The standard InChI is InChI=1S/C23H27NO3/c1-2-3-15-26-20-11-10-18-17-8-4-5-9-19(17)22(25)21(18)23(20)27-16-14-24-12-6-7-13-24/h4-5,8-11H,2-3,6-7,12-16H2,1H3. The lowest BCUT2D eigenvalue weighted by atomic mass is 10.0. The van der Waals surface area contributed by atoms with E-state index in [0.717, 1.165) is 49.2 Å². The molecule has 1 saturated heterocycles. The van der Waals surface area contributed by atoms with Crippen molar-refractivity contribution in [2.75, 3.05) is 32.8 Å². The van der Waals surface area contributed by atoms with Crippen molar-refractivity contribution < 1.29 is 14.3 Å². The van der Waals surface area contributed by atoms with Gasteiger partial charge in [0.15, 0.2) is 17.3 Å². The van der Waals surface area contributed by atoms with Gasteiger partial charge in [-0.15, -0.1) is 0 Å². The number of carbonyl (C=O) groups is 1. The highest BCUT2D eigenvalue weighted by molar-refractivity contribution is 6.23. The smallest absolute Gasteiger partial charge is 0.198 e. The molecule has 0 saturated carbocycles. The fourth-order valence-corrected chi connectivity index (χ4v) is 3.93. The molecule has 2 aromatic carbocycles. The number of unbranched alkanes of at least 4 members (excludes halogenated alkanes) is 1. The molecule has 4 heteroatoms. The minimum absolute atomic E-state index is 0.0396. The van der Waals surface area contributed by atoms with E-state index in [2.05, 4.69) is 11.8 Å². The fraction of sp³-hybridized carbons (Fsp3) is 0.435. The number of fused-ring (bicyclic) bond motifs is 3. The van der Waals surface area contributed by atoms with Crippen molar-refractivity contribution in [3.8, 4) is 22.6 Å². The Kier molecular flexibility index (Phi) is 5.44. The number of rotatable bonds is 8. The van der Waals surface area contributed by atoms with Crippen LogP contribution in [0, 0.1) is 0 Å². The van der Waals surface area contributed by atoms with Crippen molar-refractivity contribution in [3.05, 3.63) is 47.5 Å². The summed E-state index contributed by atoms with van der Waals surface area (Å²) in [6.07, 6.45) is 4.58. The second kappa shape index (κ2) is 8.13. The van der Waals surface area contributed by atoms with Crippen LogP contribution in [-0.4, -0.2) is 43.5 Å². The number of benzene rings is 2. The Balaban J connectivity index is 1.62. The van der Waals surface area contributed by atoms with Crippen molar-refractivity contribution in [1.29, 1.82) is 0 Å². The first-order valence-corrected chi connectivity index (χ1v) is 10.1. The zero-order chi connectivity index (χ0) is 18.6. The van der Waals surface area contributed by atoms with E-state index in [1.807, 2.05) is 36.4 Å². The van der Waals surface area contributed by atoms with Gasteiger partial charge in [0.05, 0.1) is 12.2 Å². The molecule has 4 nitrogen and oxygen atoms in total. The van der Waals surface area contributed by atoms with Gasteiger partial charge in [0.2, 0.25) is 0 Å². The minimum Gasteiger partial charge on any atom is -0.490 e. The second-order valence-corrected chi connectivity index (χ2v) is 7.29. The molecule has 27 heavy (non-hydrogen) atoms. The number of carbonyl (C=O) groups excluding carboxylic acids is 1. The molecule has 0 amide bonds. The van der Waals surface area contributed by atoms with Gasteiger partial charge in [-0.05, 0) is 55.6 Å². The Morgan fingerprint density at radius 2 is 1.70 bits per heavy atom. The summed E-state index contributed by atoms with van der Waals surface area (Å²) < 4.78 is 12.2. The van der Waals surface area contributed by atoms with Crippen molar-refractivity contribution in [2.24, 2.45) is 0 Å². The quantitative estimate of drug-likeness (QED) is 0.549. The van der Waals surface area contributed by atoms with Gasteiger partial charge in [0, 0.05) is 12.1 Å². The van der Waals surface area contributed by atoms with Crippen LogP contribution in [0.4, 0.5) is 0 Å². The van der Waals surface area contributed by atoms with E-state index in [4.69, 9.17) is 9.47 Å². The summed E-state index contributed by atoms with van der Waals surface area (Å²) in [7, 11) is 0. The van der Waals surface area contributed by atoms with E-state index in [-0.39, 0.29) is 5.78 Å². The molecule has 1 aliphatic carbocycles. The summed E-state index contributed by atoms with van der Waals surface area (Å²) in [5.74, 6) is 1.34. The topological polar surface area (TPSA) is 38.8 Å². The molecular weight excluding hydrogens is 338 g/mol. The lowest BCUT2D eigenvalue weighted by Crippen LogP contribution is -2.25. The van der Waals surface area contributed by atoms with Crippen LogP contribution in [0.15, 0.2) is 36.4 Å². The van der Waals surface area contributed by atoms with Gasteiger partial charge in [-0.3, -0.25) is 9.69 Å². The number of hydrogen-bond donors (Lipinski definition) is 0. The molecule has 2 aromatic rings. The molecule has 2 aliphatic rings. The van der Waals surface area contributed by atoms with Gasteiger partial charge in [-0.2, -0.15) is 0 Å². The molecule has 1 aliphatic heterocycles. The van der Waals surface area contributed by atoms with Crippen LogP contribution < -0.4 is 9.47 Å². The SMILES string of the molecule is CCCCOc1ccc2c(c1OCCN1CCCC1)C(=O)c1ccccc1-2. The average molecular weight is 365 g/mol. The van der Waals surface area contributed by atoms with Gasteiger partial charge in [0.1, 0.15) is 6.61 Å². The molecule has 0 bridgehead atoms. The fourth-order valence-electron chi connectivity index (χ4n) is 3.93. The Morgan fingerprint density at radius 3 is 2.48 bits per heavy atom. The van der Waals surface area contributed by atoms with Crippen LogP contribution in [0.25, 0.3) is 11.1 Å². The lowest BCUT2D eigenvalue weighted by molar-refractivity contribution is 0.103. The summed E-state index contributed by atoms with van der Waals surface area (Å²) in [6, 6.07) is 11.7. The molecule has 0 radical (unpaired) electrons. The minimum atomic E-state index is 0.0396. The van der Waals surface area contributed by atoms with Crippen LogP contribution in [-0.2, 0) is 0 Å². The summed E-state index contributed by atoms with van der Waals surface area (Å²) in [4.78, 5) is 15.5. The summed E-state index contributed by atoms with van der Waals surface area (Å²) in [6.45, 7) is 6.52. The van der Waals surface area contributed by atoms with Gasteiger partial charge in [-0.25, -0.2) is 0 Å². The predicted octanol–water partition coefficient (Wildman–Crippen LogP) is 4.55. The molecule has 4 rings (SSSR count). The van der Waals surface area contributed by atoms with Crippen molar-refractivity contribution >= 4 is 5.78 Å². The summed E-state index contributed by atoms with van der Waals surface area (Å²) >= 11 is 0. The highest BCUT2D eigenvalue weighted by atomic mass is 16.5. The average Bonchev–Trinajstić information content (AvgIpc) is 3.31. The molecule has 1 heterocycles. The van der Waals surface area contributed by atoms with Gasteiger partial charge in [-0.1, -0.05) is 37.6 Å². The van der Waals surface area contributed by atoms with Crippen LogP contribution in [0.1, 0.15) is 48.5 Å². The van der Waals surface area contributed by atoms with Crippen molar-refractivity contribution in [3.63, 3.8) is 0 Å². The molecule has 0 aromatic heterocycles. The predicted molar refractivity (Wildman–Crippen MR) is 107 cm³/mol. The highest BCUT2D eigenvalue weighted by Gasteiger charge is 2.32. The monoisotopic (exact) mass is 365 g/mol. The largest absolute Gasteiger partial charge is 0.490 e. The third-order valence-corrected chi connectivity index (χ3v) is 5.42. The number of hydrogen-bond acceptors (Lipinski definition) is 4. The summed E-state index contributed by atoms with van der Waals surface area (Å²) in [5, 5.41) is 0. The molecule has 0 unspecified atom stereocenters. The number of likely N-dealkylation sites (tertiary alicyclic amines) is 1. The first-order valence-electron chi connectivity index (χ1n) is 10.1. The molecule has 1 fully saturated rings. The number of nitrogens with zero attached hydrogens (tertiary/aromatic N) is 1. The van der Waals surface area contributed by atoms with Gasteiger partial charge in [0.25, 0.3) is 0 Å². The van der Waals surface area contributed by atoms with E-state index in [1.165, 1.54) is 12.8 Å². The maximum absolute atomic E-state index is 13.1. The van der Waals surface area contributed by atoms with Crippen LogP contribution in [0.5, 0.6) is 11.5 Å². The Hall–Kier alpha value is -2.33. The zero-order valence-electron chi connectivity index (χ0n) is 16.0. The Morgan fingerprint density at radius 1 is 0.926 bits per heavy atom. The first kappa shape index (κ1) is 18.1. The summed E-state index contributed by atoms with van der Waals surface area (Å²) in [5.41, 5.74) is 3.35. The third-order valence-electron chi connectivity index (χ3n) is 5.42. The molecule has 142 valence electrons. The molecule has 0 atom stereocenters. The second-order valence-electron chi connectivity index (χ2n) is 7.29.